The SMILES string of the molecule is CC(C)(C)OC1CC(O)CC(C(=O)O)O1. The molecule has 1 heterocycles. The molecule has 5 nitrogen and oxygen atoms in total. The first-order chi connectivity index (χ1) is 6.78. The molecular formula is C10H18O5. The lowest BCUT2D eigenvalue weighted by atomic mass is 10.0. The third-order valence-electron chi connectivity index (χ3n) is 2.03. The van der Waals surface area contributed by atoms with Crippen molar-refractivity contribution < 1.29 is 24.5 Å². The Morgan fingerprint density at radius 2 is 2.00 bits per heavy atom. The van der Waals surface area contributed by atoms with Gasteiger partial charge in [-0.25, -0.2) is 4.79 Å². The van der Waals surface area contributed by atoms with Gasteiger partial charge in [-0.3, -0.25) is 0 Å². The molecule has 3 unspecified atom stereocenters. The van der Waals surface area contributed by atoms with Gasteiger partial charge in [-0.05, 0) is 20.8 Å². The van der Waals surface area contributed by atoms with Gasteiger partial charge in [0.15, 0.2) is 12.4 Å². The van der Waals surface area contributed by atoms with Gasteiger partial charge >= 0.3 is 5.97 Å². The molecule has 1 rings (SSSR count). The smallest absolute Gasteiger partial charge is 0.333 e. The second-order valence-electron chi connectivity index (χ2n) is 4.75. The predicted molar refractivity (Wildman–Crippen MR) is 52.4 cm³/mol. The van der Waals surface area contributed by atoms with Crippen LogP contribution in [0.25, 0.3) is 0 Å². The lowest BCUT2D eigenvalue weighted by molar-refractivity contribution is -0.250. The summed E-state index contributed by atoms with van der Waals surface area (Å²) >= 11 is 0. The van der Waals surface area contributed by atoms with Crippen molar-refractivity contribution in [3.8, 4) is 0 Å². The number of ether oxygens (including phenoxy) is 2. The van der Waals surface area contributed by atoms with Crippen molar-refractivity contribution in [1.29, 1.82) is 0 Å². The van der Waals surface area contributed by atoms with E-state index >= 15 is 0 Å². The van der Waals surface area contributed by atoms with Crippen molar-refractivity contribution in [2.24, 2.45) is 0 Å². The highest BCUT2D eigenvalue weighted by atomic mass is 16.7. The number of carboxylic acid groups (broad SMARTS) is 1. The van der Waals surface area contributed by atoms with Crippen molar-refractivity contribution in [3.05, 3.63) is 0 Å². The highest BCUT2D eigenvalue weighted by molar-refractivity contribution is 5.72. The Hall–Kier alpha value is -0.650. The summed E-state index contributed by atoms with van der Waals surface area (Å²) in [5.74, 6) is -1.06. The van der Waals surface area contributed by atoms with Crippen LogP contribution >= 0.6 is 0 Å². The molecular weight excluding hydrogens is 200 g/mol. The number of rotatable bonds is 2. The Morgan fingerprint density at radius 3 is 2.47 bits per heavy atom. The predicted octanol–water partition coefficient (Wildman–Crippen LogP) is 0.752. The minimum Gasteiger partial charge on any atom is -0.479 e. The van der Waals surface area contributed by atoms with Crippen LogP contribution in [0.1, 0.15) is 33.6 Å². The summed E-state index contributed by atoms with van der Waals surface area (Å²) in [6.07, 6.45) is -1.84. The lowest BCUT2D eigenvalue weighted by Gasteiger charge is -2.34. The minimum atomic E-state index is -1.06. The Labute approximate surface area is 89.0 Å². The van der Waals surface area contributed by atoms with Crippen molar-refractivity contribution in [2.45, 2.75) is 57.7 Å². The molecule has 0 saturated carbocycles. The topological polar surface area (TPSA) is 76.0 Å². The van der Waals surface area contributed by atoms with Crippen molar-refractivity contribution in [3.63, 3.8) is 0 Å². The van der Waals surface area contributed by atoms with E-state index in [1.54, 1.807) is 0 Å². The molecule has 3 atom stereocenters. The van der Waals surface area contributed by atoms with E-state index in [1.165, 1.54) is 0 Å². The third-order valence-corrected chi connectivity index (χ3v) is 2.03. The van der Waals surface area contributed by atoms with E-state index in [0.29, 0.717) is 6.42 Å². The van der Waals surface area contributed by atoms with Crippen LogP contribution in [0.4, 0.5) is 0 Å². The van der Waals surface area contributed by atoms with Crippen LogP contribution in [0.2, 0.25) is 0 Å². The number of hydrogen-bond donors (Lipinski definition) is 2. The molecule has 1 saturated heterocycles. The normalized spacial score (nSPS) is 32.7. The number of aliphatic hydroxyl groups excluding tert-OH is 1. The largest absolute Gasteiger partial charge is 0.479 e. The average Bonchev–Trinajstić information content (AvgIpc) is 1.99. The summed E-state index contributed by atoms with van der Waals surface area (Å²) < 4.78 is 10.7. The fourth-order valence-corrected chi connectivity index (χ4v) is 1.49. The average molecular weight is 218 g/mol. The van der Waals surface area contributed by atoms with Crippen LogP contribution < -0.4 is 0 Å². The summed E-state index contributed by atoms with van der Waals surface area (Å²) in [5.41, 5.74) is -0.412. The zero-order chi connectivity index (χ0) is 11.6. The number of carboxylic acids is 1. The molecule has 1 aliphatic heterocycles. The molecule has 1 aliphatic rings. The van der Waals surface area contributed by atoms with E-state index in [4.69, 9.17) is 14.6 Å². The third kappa shape index (κ3) is 4.15. The second-order valence-corrected chi connectivity index (χ2v) is 4.75. The van der Waals surface area contributed by atoms with Crippen LogP contribution in [0.15, 0.2) is 0 Å². The maximum absolute atomic E-state index is 10.7. The summed E-state index contributed by atoms with van der Waals surface area (Å²) in [4.78, 5) is 10.7. The van der Waals surface area contributed by atoms with E-state index < -0.39 is 30.1 Å². The highest BCUT2D eigenvalue weighted by Gasteiger charge is 2.35. The van der Waals surface area contributed by atoms with Crippen molar-refractivity contribution in [2.75, 3.05) is 0 Å². The van der Waals surface area contributed by atoms with Gasteiger partial charge in [-0.1, -0.05) is 0 Å². The lowest BCUT2D eigenvalue weighted by Crippen LogP contribution is -2.43. The number of hydrogen-bond acceptors (Lipinski definition) is 4. The highest BCUT2D eigenvalue weighted by Crippen LogP contribution is 2.24. The second kappa shape index (κ2) is 4.47. The summed E-state index contributed by atoms with van der Waals surface area (Å²) in [6.45, 7) is 5.56. The van der Waals surface area contributed by atoms with Crippen LogP contribution in [-0.4, -0.2) is 40.3 Å². The van der Waals surface area contributed by atoms with Gasteiger partial charge in [0.05, 0.1) is 11.7 Å². The number of aliphatic carboxylic acids is 1. The molecule has 15 heavy (non-hydrogen) atoms. The van der Waals surface area contributed by atoms with Gasteiger partial charge in [0.25, 0.3) is 0 Å². The Bertz CT molecular complexity index is 232. The molecule has 0 aromatic heterocycles. The van der Waals surface area contributed by atoms with Crippen LogP contribution in [0, 0.1) is 0 Å². The molecule has 0 aromatic rings. The van der Waals surface area contributed by atoms with E-state index in [0.717, 1.165) is 0 Å². The monoisotopic (exact) mass is 218 g/mol. The van der Waals surface area contributed by atoms with Crippen LogP contribution in [0.3, 0.4) is 0 Å². The molecule has 1 fully saturated rings. The molecule has 2 N–H and O–H groups in total. The first-order valence-corrected chi connectivity index (χ1v) is 5.02. The molecule has 0 spiro atoms. The molecule has 0 bridgehead atoms. The summed E-state index contributed by atoms with van der Waals surface area (Å²) in [5, 5.41) is 18.3. The van der Waals surface area contributed by atoms with Crippen molar-refractivity contribution in [1.82, 2.24) is 0 Å². The number of carbonyl (C=O) groups is 1. The molecule has 0 aromatic carbocycles. The molecule has 0 aliphatic carbocycles. The standard InChI is InChI=1S/C10H18O5/c1-10(2,3)15-8-5-6(11)4-7(14-8)9(12)13/h6-8,11H,4-5H2,1-3H3,(H,12,13). The molecule has 0 radical (unpaired) electrons. The fourth-order valence-electron chi connectivity index (χ4n) is 1.49. The van der Waals surface area contributed by atoms with E-state index in [9.17, 15) is 9.90 Å². The maximum atomic E-state index is 10.7. The van der Waals surface area contributed by atoms with Gasteiger partial charge in [-0.2, -0.15) is 0 Å². The van der Waals surface area contributed by atoms with E-state index in [-0.39, 0.29) is 6.42 Å². The Kier molecular flexibility index (Phi) is 3.70. The van der Waals surface area contributed by atoms with Crippen LogP contribution in [-0.2, 0) is 14.3 Å². The molecule has 88 valence electrons. The first-order valence-electron chi connectivity index (χ1n) is 5.02. The summed E-state index contributed by atoms with van der Waals surface area (Å²) in [7, 11) is 0. The Balaban J connectivity index is 2.56. The zero-order valence-corrected chi connectivity index (χ0v) is 9.27. The van der Waals surface area contributed by atoms with Crippen molar-refractivity contribution >= 4 is 5.97 Å². The first kappa shape index (κ1) is 12.4. The maximum Gasteiger partial charge on any atom is 0.333 e. The van der Waals surface area contributed by atoms with Gasteiger partial charge < -0.3 is 19.7 Å². The molecule has 5 heteroatoms. The van der Waals surface area contributed by atoms with Gasteiger partial charge in [-0.15, -0.1) is 0 Å². The fraction of sp³-hybridized carbons (Fsp3) is 0.900. The van der Waals surface area contributed by atoms with Crippen LogP contribution in [0.5, 0.6) is 0 Å². The van der Waals surface area contributed by atoms with E-state index in [2.05, 4.69) is 0 Å². The Morgan fingerprint density at radius 1 is 1.40 bits per heavy atom. The summed E-state index contributed by atoms with van der Waals surface area (Å²) in [6, 6.07) is 0. The molecule has 0 amide bonds. The van der Waals surface area contributed by atoms with Gasteiger partial charge in [0.2, 0.25) is 0 Å². The number of aliphatic hydroxyl groups is 1. The van der Waals surface area contributed by atoms with Gasteiger partial charge in [0, 0.05) is 12.8 Å². The van der Waals surface area contributed by atoms with Gasteiger partial charge in [0.1, 0.15) is 0 Å². The zero-order valence-electron chi connectivity index (χ0n) is 9.27. The minimum absolute atomic E-state index is 0.124. The van der Waals surface area contributed by atoms with E-state index in [1.807, 2.05) is 20.8 Å². The quantitative estimate of drug-likeness (QED) is 0.715.